The number of aliphatic hydroxyl groups is 1. The van der Waals surface area contributed by atoms with Crippen molar-refractivity contribution >= 4 is 39.8 Å². The zero-order valence-corrected chi connectivity index (χ0v) is 12.2. The number of aliphatic hydroxyl groups excluding tert-OH is 1. The third-order valence-electron chi connectivity index (χ3n) is 1.77. The van der Waals surface area contributed by atoms with Crippen LogP contribution >= 0.6 is 21.6 Å². The van der Waals surface area contributed by atoms with E-state index in [1.54, 1.807) is 7.05 Å². The van der Waals surface area contributed by atoms with Crippen molar-refractivity contribution in [1.82, 2.24) is 5.32 Å². The van der Waals surface area contributed by atoms with Gasteiger partial charge in [0, 0.05) is 0 Å². The number of rotatable bonds is 9. The molecular formula is C9H19BN3O3PS. The van der Waals surface area contributed by atoms with Crippen LogP contribution in [-0.2, 0) is 9.53 Å². The van der Waals surface area contributed by atoms with Crippen molar-refractivity contribution in [3.63, 3.8) is 0 Å². The van der Waals surface area contributed by atoms with E-state index in [1.165, 1.54) is 6.08 Å². The van der Waals surface area contributed by atoms with Crippen molar-refractivity contribution in [2.45, 2.75) is 12.1 Å². The van der Waals surface area contributed by atoms with Crippen LogP contribution < -0.4 is 5.32 Å². The Morgan fingerprint density at radius 3 is 3.06 bits per heavy atom. The van der Waals surface area contributed by atoms with Crippen LogP contribution in [0.5, 0.6) is 0 Å². The zero-order chi connectivity index (χ0) is 16.0. The number of ketones is 1. The lowest BCUT2D eigenvalue weighted by Crippen LogP contribution is -2.48. The number of thiol groups is 1. The Morgan fingerprint density at radius 1 is 2.06 bits per heavy atom. The largest absolute Gasteiger partial charge is 0.394 e. The molecule has 2 unspecified atom stereocenters. The molecule has 9 heteroatoms. The van der Waals surface area contributed by atoms with Crippen LogP contribution in [0.15, 0.2) is 12.7 Å². The first kappa shape index (κ1) is 15.6. The molecule has 0 aromatic heterocycles. The fraction of sp³-hybridized carbons (Fsp3) is 0.556. The lowest BCUT2D eigenvalue weighted by molar-refractivity contribution is -0.122. The minimum absolute atomic E-state index is 0.0790. The van der Waals surface area contributed by atoms with Gasteiger partial charge in [-0.05, 0) is 8.38 Å². The summed E-state index contributed by atoms with van der Waals surface area (Å²) in [6.45, 7) is 3.63. The normalized spacial score (nSPS) is 13.7. The third kappa shape index (κ3) is 9.54. The van der Waals surface area contributed by atoms with Crippen molar-refractivity contribution in [3.8, 4) is 0 Å². The molecule has 3 atom stereocenters. The van der Waals surface area contributed by atoms with Gasteiger partial charge in [-0.25, -0.2) is 12.5 Å². The van der Waals surface area contributed by atoms with Gasteiger partial charge >= 0.3 is 6.21 Å². The van der Waals surface area contributed by atoms with Gasteiger partial charge < -0.3 is 20.7 Å². The van der Waals surface area contributed by atoms with Crippen molar-refractivity contribution in [1.29, 1.82) is 2.77 Å². The molecule has 0 aliphatic rings. The molecule has 0 spiro atoms. The van der Waals surface area contributed by atoms with Crippen LogP contribution in [0.3, 0.4) is 0 Å². The molecule has 0 rings (SSSR count). The maximum Gasteiger partial charge on any atom is 0.324 e. The average Bonchev–Trinajstić information content (AvgIpc) is 2.36. The van der Waals surface area contributed by atoms with Crippen molar-refractivity contribution in [2.75, 3.05) is 20.3 Å². The molecule has 102 valence electrons. The summed E-state index contributed by atoms with van der Waals surface area (Å²) in [6.07, 6.45) is 1.34. The van der Waals surface area contributed by atoms with Crippen LogP contribution in [0, 0.1) is 0 Å². The molecule has 0 saturated heterocycles. The lowest BCUT2D eigenvalue weighted by atomic mass is 10.1. The fourth-order valence-corrected chi connectivity index (χ4v) is 1.08. The molecule has 0 amide bonds. The monoisotopic (exact) mass is 294 g/mol. The van der Waals surface area contributed by atoms with Crippen molar-refractivity contribution in [2.24, 2.45) is 0 Å². The number of hydrogen-bond acceptors (Lipinski definition) is 5. The number of ether oxygens (including phenoxy) is 1. The summed E-state index contributed by atoms with van der Waals surface area (Å²) >= 11 is 3.60. The highest BCUT2D eigenvalue weighted by molar-refractivity contribution is 8.20. The highest BCUT2D eigenvalue weighted by Gasteiger charge is 2.27. The Kier molecular flexibility index (Phi) is 12.6. The molecule has 0 aliphatic heterocycles. The van der Waals surface area contributed by atoms with Crippen LogP contribution in [0.1, 0.15) is 0 Å². The molecule has 18 heavy (non-hydrogen) atoms. The van der Waals surface area contributed by atoms with E-state index >= 15 is 0 Å². The Morgan fingerprint density at radius 2 is 2.67 bits per heavy atom. The second-order valence-corrected chi connectivity index (χ2v) is 4.08. The highest BCUT2D eigenvalue weighted by Crippen LogP contribution is 1.99. The molecule has 0 bridgehead atoms. The Labute approximate surface area is 118 Å². The van der Waals surface area contributed by atoms with Crippen molar-refractivity contribution < 1.29 is 19.4 Å². The van der Waals surface area contributed by atoms with E-state index in [1.807, 2.05) is 0 Å². The number of carbonyl (C=O) groups is 1. The first-order valence-electron chi connectivity index (χ1n) is 5.98. The van der Waals surface area contributed by atoms with Gasteiger partial charge in [-0.15, -0.1) is 6.58 Å². The summed E-state index contributed by atoms with van der Waals surface area (Å²) in [5.41, 5.74) is 8.26. The van der Waals surface area contributed by atoms with Gasteiger partial charge in [0.15, 0.2) is 0 Å². The smallest absolute Gasteiger partial charge is 0.324 e. The van der Waals surface area contributed by atoms with E-state index in [9.17, 15) is 4.79 Å². The predicted molar refractivity (Wildman–Crippen MR) is 80.4 cm³/mol. The van der Waals surface area contributed by atoms with Crippen molar-refractivity contribution in [3.05, 3.63) is 18.2 Å². The maximum atomic E-state index is 11.5. The van der Waals surface area contributed by atoms with Crippen LogP contribution in [0.25, 0.3) is 5.53 Å². The summed E-state index contributed by atoms with van der Waals surface area (Å²) in [6, 6.07) is -0.735. The summed E-state index contributed by atoms with van der Waals surface area (Å²) in [4.78, 5) is 14.1. The summed E-state index contributed by atoms with van der Waals surface area (Å²) in [5, 5.41) is 6.91. The van der Waals surface area contributed by atoms with Gasteiger partial charge in [0.25, 0.3) is 5.78 Å². The molecule has 2 N–H and O–H groups in total. The summed E-state index contributed by atoms with van der Waals surface area (Å²) in [5.74, 6) is -0.462. The third-order valence-corrected chi connectivity index (χ3v) is 1.77. The molecule has 0 aromatic carbocycles. The van der Waals surface area contributed by atoms with E-state index in [0.717, 1.165) is 6.21 Å². The van der Waals surface area contributed by atoms with Gasteiger partial charge in [0.2, 0.25) is 7.67 Å². The SMILES string of the molecule is [2H]B(P)S.[3H]OCC(OCC=C)[C@H](NC)C(=O)C=[N+]=[N-]. The van der Waals surface area contributed by atoms with E-state index in [0.29, 0.717) is 0 Å². The Hall–Kier alpha value is -0.485. The fourth-order valence-electron chi connectivity index (χ4n) is 1.08. The number of Topliss-reactive ketones (excluding diaryl/α,β-unsaturated/α-hetero) is 1. The van der Waals surface area contributed by atoms with Crippen LogP contribution in [0.4, 0.5) is 0 Å². The van der Waals surface area contributed by atoms with Gasteiger partial charge in [-0.3, -0.25) is 4.79 Å². The van der Waals surface area contributed by atoms with E-state index in [4.69, 9.17) is 13.0 Å². The average molecular weight is 294 g/mol. The standard InChI is InChI=1S/C9H15N3O3.BH4PS/c1-3-4-15-8(6-13)9(11-2)7(14)5-12-10;2-1-3/h3,5,8-9,11,13H,1,4,6H2,2H3;1,3H,2H2/t8?,9-;/m1./s1/i13T;1D. The number of carbonyl (C=O) groups excluding carboxylic acids is 1. The number of likely N-dealkylation sites (N-methyl/N-ethyl adjacent to an activating group) is 1. The summed E-state index contributed by atoms with van der Waals surface area (Å²) in [7, 11) is 3.75. The van der Waals surface area contributed by atoms with E-state index in [2.05, 4.69) is 43.4 Å². The minimum atomic E-state index is -0.735. The molecule has 0 heterocycles. The topological polar surface area (TPSA) is 95.0 Å². The molecule has 0 aromatic rings. The van der Waals surface area contributed by atoms with E-state index < -0.39 is 17.9 Å². The molecule has 0 saturated carbocycles. The first-order chi connectivity index (χ1) is 9.44. The van der Waals surface area contributed by atoms with E-state index in [-0.39, 0.29) is 19.5 Å². The van der Waals surface area contributed by atoms with Gasteiger partial charge in [-0.1, -0.05) is 6.08 Å². The predicted octanol–water partition coefficient (Wildman–Crippen LogP) is -0.935. The molecule has 0 radical (unpaired) electrons. The minimum Gasteiger partial charge on any atom is -0.394 e. The number of nitrogens with one attached hydrogen (secondary N) is 1. The number of hydrogen-bond donors (Lipinski definition) is 3. The molecule has 6 nitrogen and oxygen atoms in total. The molecular weight excluding hydrogens is 272 g/mol. The van der Waals surface area contributed by atoms with Crippen LogP contribution in [-0.4, -0.2) is 63.3 Å². The second kappa shape index (κ2) is 14.6. The van der Waals surface area contributed by atoms with Gasteiger partial charge in [0.1, 0.15) is 12.1 Å². The highest BCUT2D eigenvalue weighted by atomic mass is 32.1. The van der Waals surface area contributed by atoms with Gasteiger partial charge in [0.05, 0.1) is 13.2 Å². The quantitative estimate of drug-likeness (QED) is 0.0973. The maximum absolute atomic E-state index is 11.5. The Balaban J connectivity index is 0. The summed E-state index contributed by atoms with van der Waals surface area (Å²) < 4.78 is 18.3. The number of nitrogens with zero attached hydrogens (tertiary/aromatic N) is 2. The first-order valence-corrected chi connectivity index (χ1v) is 6.17. The van der Waals surface area contributed by atoms with Gasteiger partial charge in [-0.2, -0.15) is 13.9 Å². The second-order valence-electron chi connectivity index (χ2n) is 2.89. The molecule has 0 fully saturated rings. The molecule has 0 aliphatic carbocycles. The zero-order valence-electron chi connectivity index (χ0n) is 12.2. The van der Waals surface area contributed by atoms with Crippen LogP contribution in [0.2, 0.25) is 0 Å². The Bertz CT molecular complexity index is 333. The lowest BCUT2D eigenvalue weighted by Gasteiger charge is -2.21.